The minimum Gasteiger partial charge on any atom is -0.378 e. The molecule has 152 valence electrons. The third-order valence-electron chi connectivity index (χ3n) is 5.23. The predicted octanol–water partition coefficient (Wildman–Crippen LogP) is 2.55. The zero-order valence-electron chi connectivity index (χ0n) is 17.3. The lowest BCUT2D eigenvalue weighted by Crippen LogP contribution is -2.37. The van der Waals surface area contributed by atoms with Crippen LogP contribution < -0.4 is 10.6 Å². The fraction of sp³-hybridized carbons (Fsp3) is 0.478. The van der Waals surface area contributed by atoms with Gasteiger partial charge < -0.3 is 20.3 Å². The summed E-state index contributed by atoms with van der Waals surface area (Å²) >= 11 is 0. The summed E-state index contributed by atoms with van der Waals surface area (Å²) < 4.78 is 5.54. The van der Waals surface area contributed by atoms with E-state index in [1.165, 1.54) is 22.4 Å². The fourth-order valence-electron chi connectivity index (χ4n) is 3.67. The Kier molecular flexibility index (Phi) is 7.86. The fourth-order valence-corrected chi connectivity index (χ4v) is 3.67. The largest absolute Gasteiger partial charge is 0.378 e. The first kappa shape index (κ1) is 20.8. The van der Waals surface area contributed by atoms with Crippen LogP contribution in [0, 0.1) is 0 Å². The minimum absolute atomic E-state index is 0.589. The average Bonchev–Trinajstić information content (AvgIpc) is 2.73. The van der Waals surface area contributed by atoms with Gasteiger partial charge in [-0.1, -0.05) is 42.5 Å². The maximum absolute atomic E-state index is 5.84. The molecule has 0 unspecified atom stereocenters. The monoisotopic (exact) mass is 382 g/mol. The van der Waals surface area contributed by atoms with Crippen LogP contribution >= 0.6 is 0 Å². The molecule has 1 fully saturated rings. The van der Waals surface area contributed by atoms with Gasteiger partial charge in [-0.05, 0) is 36.9 Å². The van der Waals surface area contributed by atoms with Crippen molar-refractivity contribution in [1.29, 1.82) is 0 Å². The van der Waals surface area contributed by atoms with E-state index < -0.39 is 0 Å². The van der Waals surface area contributed by atoms with E-state index in [2.05, 4.69) is 77.3 Å². The van der Waals surface area contributed by atoms with Gasteiger partial charge in [0.05, 0.1) is 13.2 Å². The molecular formula is C23H34N4O. The number of nitrogens with zero attached hydrogens (tertiary/aromatic N) is 3. The molecule has 2 aromatic rings. The van der Waals surface area contributed by atoms with Crippen molar-refractivity contribution < 1.29 is 4.74 Å². The van der Waals surface area contributed by atoms with Crippen molar-refractivity contribution >= 4 is 5.69 Å². The molecule has 1 aliphatic rings. The quantitative estimate of drug-likeness (QED) is 0.722. The van der Waals surface area contributed by atoms with Gasteiger partial charge in [-0.15, -0.1) is 0 Å². The summed E-state index contributed by atoms with van der Waals surface area (Å²) in [6, 6.07) is 17.5. The van der Waals surface area contributed by atoms with E-state index in [0.29, 0.717) is 6.54 Å². The number of hydrogen-bond donors (Lipinski definition) is 1. The summed E-state index contributed by atoms with van der Waals surface area (Å²) in [5.74, 6) is 0. The van der Waals surface area contributed by atoms with Crippen LogP contribution in [0.5, 0.6) is 0 Å². The highest BCUT2D eigenvalue weighted by molar-refractivity contribution is 5.54. The normalized spacial score (nSPS) is 14.8. The molecule has 0 amide bonds. The second-order valence-electron chi connectivity index (χ2n) is 7.77. The van der Waals surface area contributed by atoms with Crippen molar-refractivity contribution in [3.8, 4) is 0 Å². The number of para-hydroxylation sites is 1. The van der Waals surface area contributed by atoms with Crippen LogP contribution in [0.3, 0.4) is 0 Å². The van der Waals surface area contributed by atoms with Crippen molar-refractivity contribution in [2.24, 2.45) is 5.73 Å². The first-order valence-electron chi connectivity index (χ1n) is 10.2. The number of rotatable bonds is 9. The molecule has 1 saturated heterocycles. The summed E-state index contributed by atoms with van der Waals surface area (Å²) in [6.45, 7) is 8.07. The second kappa shape index (κ2) is 10.6. The van der Waals surface area contributed by atoms with Gasteiger partial charge in [-0.25, -0.2) is 0 Å². The standard InChI is InChI=1S/C23H34N4O/c1-25(2)10-11-26(18-21-7-5-6-20(16-21)17-24)19-22-8-3-4-9-23(22)27-12-14-28-15-13-27/h3-9,16H,10-15,17-19,24H2,1-2H3. The lowest BCUT2D eigenvalue weighted by molar-refractivity contribution is 0.122. The first-order valence-corrected chi connectivity index (χ1v) is 10.2. The molecule has 28 heavy (non-hydrogen) atoms. The van der Waals surface area contributed by atoms with Gasteiger partial charge in [0.2, 0.25) is 0 Å². The second-order valence-corrected chi connectivity index (χ2v) is 7.77. The Morgan fingerprint density at radius 3 is 2.43 bits per heavy atom. The van der Waals surface area contributed by atoms with Crippen molar-refractivity contribution in [3.63, 3.8) is 0 Å². The van der Waals surface area contributed by atoms with E-state index in [1.54, 1.807) is 0 Å². The number of anilines is 1. The van der Waals surface area contributed by atoms with Gasteiger partial charge in [0, 0.05) is 51.5 Å². The maximum atomic E-state index is 5.84. The lowest BCUT2D eigenvalue weighted by atomic mass is 10.1. The van der Waals surface area contributed by atoms with Crippen molar-refractivity contribution in [1.82, 2.24) is 9.80 Å². The van der Waals surface area contributed by atoms with E-state index in [1.807, 2.05) is 0 Å². The molecule has 2 aromatic carbocycles. The van der Waals surface area contributed by atoms with Crippen LogP contribution in [-0.4, -0.2) is 63.3 Å². The van der Waals surface area contributed by atoms with Crippen molar-refractivity contribution in [3.05, 3.63) is 65.2 Å². The highest BCUT2D eigenvalue weighted by atomic mass is 16.5. The van der Waals surface area contributed by atoms with Gasteiger partial charge in [-0.3, -0.25) is 4.90 Å². The van der Waals surface area contributed by atoms with E-state index in [0.717, 1.165) is 52.5 Å². The number of morpholine rings is 1. The molecule has 0 aliphatic carbocycles. The van der Waals surface area contributed by atoms with Gasteiger partial charge >= 0.3 is 0 Å². The molecule has 0 aromatic heterocycles. The molecule has 0 saturated carbocycles. The molecule has 2 N–H and O–H groups in total. The van der Waals surface area contributed by atoms with E-state index >= 15 is 0 Å². The summed E-state index contributed by atoms with van der Waals surface area (Å²) in [5.41, 5.74) is 11.1. The van der Waals surface area contributed by atoms with Crippen LogP contribution in [0.1, 0.15) is 16.7 Å². The molecule has 0 spiro atoms. The van der Waals surface area contributed by atoms with Gasteiger partial charge in [0.1, 0.15) is 0 Å². The Balaban J connectivity index is 1.77. The van der Waals surface area contributed by atoms with Crippen LogP contribution in [0.2, 0.25) is 0 Å². The highest BCUT2D eigenvalue weighted by Crippen LogP contribution is 2.23. The number of likely N-dealkylation sites (N-methyl/N-ethyl adjacent to an activating group) is 1. The van der Waals surface area contributed by atoms with Crippen LogP contribution in [-0.2, 0) is 24.4 Å². The van der Waals surface area contributed by atoms with Gasteiger partial charge in [-0.2, -0.15) is 0 Å². The molecule has 3 rings (SSSR count). The summed E-state index contributed by atoms with van der Waals surface area (Å²) in [6.07, 6.45) is 0. The Morgan fingerprint density at radius 2 is 1.68 bits per heavy atom. The third-order valence-corrected chi connectivity index (χ3v) is 5.23. The zero-order chi connectivity index (χ0) is 19.8. The maximum Gasteiger partial charge on any atom is 0.0642 e. The van der Waals surface area contributed by atoms with Gasteiger partial charge in [0.15, 0.2) is 0 Å². The minimum atomic E-state index is 0.589. The number of nitrogens with two attached hydrogens (primary N) is 1. The van der Waals surface area contributed by atoms with Crippen LogP contribution in [0.25, 0.3) is 0 Å². The Bertz CT molecular complexity index is 728. The predicted molar refractivity (Wildman–Crippen MR) is 116 cm³/mol. The number of hydrogen-bond acceptors (Lipinski definition) is 5. The Hall–Kier alpha value is -1.92. The molecule has 5 nitrogen and oxygen atoms in total. The smallest absolute Gasteiger partial charge is 0.0642 e. The third kappa shape index (κ3) is 6.04. The molecule has 0 atom stereocenters. The number of ether oxygens (including phenoxy) is 1. The van der Waals surface area contributed by atoms with Crippen molar-refractivity contribution in [2.45, 2.75) is 19.6 Å². The van der Waals surface area contributed by atoms with E-state index in [9.17, 15) is 0 Å². The topological polar surface area (TPSA) is 45.0 Å². The highest BCUT2D eigenvalue weighted by Gasteiger charge is 2.16. The zero-order valence-corrected chi connectivity index (χ0v) is 17.3. The van der Waals surface area contributed by atoms with E-state index in [-0.39, 0.29) is 0 Å². The van der Waals surface area contributed by atoms with Crippen molar-refractivity contribution in [2.75, 3.05) is 58.4 Å². The lowest BCUT2D eigenvalue weighted by Gasteiger charge is -2.32. The summed E-state index contributed by atoms with van der Waals surface area (Å²) in [5, 5.41) is 0. The molecule has 0 bridgehead atoms. The molecule has 0 radical (unpaired) electrons. The Morgan fingerprint density at radius 1 is 0.929 bits per heavy atom. The van der Waals surface area contributed by atoms with E-state index in [4.69, 9.17) is 10.5 Å². The summed E-state index contributed by atoms with van der Waals surface area (Å²) in [4.78, 5) is 7.24. The van der Waals surface area contributed by atoms with Gasteiger partial charge in [0.25, 0.3) is 0 Å². The molecule has 5 heteroatoms. The van der Waals surface area contributed by atoms with Crippen LogP contribution in [0.4, 0.5) is 5.69 Å². The summed E-state index contributed by atoms with van der Waals surface area (Å²) in [7, 11) is 4.27. The Labute approximate surface area is 169 Å². The van der Waals surface area contributed by atoms with Crippen LogP contribution in [0.15, 0.2) is 48.5 Å². The average molecular weight is 383 g/mol. The SMILES string of the molecule is CN(C)CCN(Cc1cccc(CN)c1)Cc1ccccc1N1CCOCC1. The molecule has 1 aliphatic heterocycles. The molecule has 1 heterocycles. The first-order chi connectivity index (χ1) is 13.7. The number of benzene rings is 2. The molecular weight excluding hydrogens is 348 g/mol.